The SMILES string of the molecule is CCC[C@H](C(N)=O)[C@@H](CC1CCC1)C(=O)NC1C(=O)N(Cc2cccc(-c3ccc(F)c(Cl)c3)c2)c2ccccc2-c2ccccc21. The van der Waals surface area contributed by atoms with Gasteiger partial charge in [-0.1, -0.05) is 111 Å². The van der Waals surface area contributed by atoms with Crippen LogP contribution in [0.4, 0.5) is 10.1 Å². The van der Waals surface area contributed by atoms with Crippen LogP contribution in [-0.2, 0) is 20.9 Å². The summed E-state index contributed by atoms with van der Waals surface area (Å²) in [6.45, 7) is 2.21. The molecular weight excluding hydrogens is 613 g/mol. The second-order valence-electron chi connectivity index (χ2n) is 12.7. The summed E-state index contributed by atoms with van der Waals surface area (Å²) in [6.07, 6.45) is 4.98. The van der Waals surface area contributed by atoms with E-state index in [0.29, 0.717) is 24.3 Å². The van der Waals surface area contributed by atoms with Crippen LogP contribution in [0, 0.1) is 23.6 Å². The van der Waals surface area contributed by atoms with E-state index in [-0.39, 0.29) is 23.4 Å². The summed E-state index contributed by atoms with van der Waals surface area (Å²) in [6, 6.07) is 26.7. The van der Waals surface area contributed by atoms with Crippen LogP contribution in [0.3, 0.4) is 0 Å². The molecule has 6 rings (SSSR count). The molecule has 0 spiro atoms. The van der Waals surface area contributed by atoms with Crippen molar-refractivity contribution in [3.63, 3.8) is 0 Å². The first kappa shape index (κ1) is 32.5. The Morgan fingerprint density at radius 1 is 0.936 bits per heavy atom. The summed E-state index contributed by atoms with van der Waals surface area (Å²) < 4.78 is 13.9. The van der Waals surface area contributed by atoms with Crippen molar-refractivity contribution < 1.29 is 18.8 Å². The van der Waals surface area contributed by atoms with Crippen LogP contribution in [-0.4, -0.2) is 17.7 Å². The maximum absolute atomic E-state index is 14.7. The zero-order valence-corrected chi connectivity index (χ0v) is 27.2. The lowest BCUT2D eigenvalue weighted by molar-refractivity contribution is -0.136. The zero-order valence-electron chi connectivity index (χ0n) is 26.4. The number of carbonyl (C=O) groups excluding carboxylic acids is 3. The molecule has 1 unspecified atom stereocenters. The Labute approximate surface area is 280 Å². The van der Waals surface area contributed by atoms with Gasteiger partial charge in [0, 0.05) is 17.4 Å². The molecule has 1 heterocycles. The normalized spacial score (nSPS) is 17.1. The highest BCUT2D eigenvalue weighted by Crippen LogP contribution is 2.42. The maximum Gasteiger partial charge on any atom is 0.254 e. The van der Waals surface area contributed by atoms with E-state index in [0.717, 1.165) is 59.2 Å². The van der Waals surface area contributed by atoms with Crippen molar-refractivity contribution in [2.75, 3.05) is 4.90 Å². The van der Waals surface area contributed by atoms with E-state index in [1.165, 1.54) is 6.07 Å². The highest BCUT2D eigenvalue weighted by Gasteiger charge is 2.40. The van der Waals surface area contributed by atoms with E-state index in [2.05, 4.69) is 5.32 Å². The summed E-state index contributed by atoms with van der Waals surface area (Å²) >= 11 is 6.08. The summed E-state index contributed by atoms with van der Waals surface area (Å²) in [5.41, 5.74) is 11.5. The fourth-order valence-corrected chi connectivity index (χ4v) is 7.17. The molecule has 6 nitrogen and oxygen atoms in total. The third-order valence-corrected chi connectivity index (χ3v) is 9.97. The van der Waals surface area contributed by atoms with Crippen LogP contribution >= 0.6 is 11.6 Å². The number of anilines is 1. The Morgan fingerprint density at radius 2 is 1.66 bits per heavy atom. The van der Waals surface area contributed by atoms with E-state index < -0.39 is 29.6 Å². The van der Waals surface area contributed by atoms with Crippen LogP contribution in [0.15, 0.2) is 91.0 Å². The smallest absolute Gasteiger partial charge is 0.254 e. The number of nitrogens with two attached hydrogens (primary N) is 1. The number of para-hydroxylation sites is 1. The number of rotatable bonds is 11. The van der Waals surface area contributed by atoms with Gasteiger partial charge in [-0.2, -0.15) is 0 Å². The quantitative estimate of drug-likeness (QED) is 0.171. The molecule has 1 aliphatic heterocycles. The molecule has 2 aliphatic rings. The molecule has 0 radical (unpaired) electrons. The molecule has 4 aromatic rings. The maximum atomic E-state index is 14.7. The van der Waals surface area contributed by atoms with E-state index >= 15 is 0 Å². The lowest BCUT2D eigenvalue weighted by atomic mass is 9.73. The van der Waals surface area contributed by atoms with E-state index in [4.69, 9.17) is 17.3 Å². The molecule has 3 atom stereocenters. The van der Waals surface area contributed by atoms with Gasteiger partial charge in [-0.05, 0) is 70.8 Å². The number of amides is 3. The molecule has 1 fully saturated rings. The number of primary amides is 1. The fourth-order valence-electron chi connectivity index (χ4n) is 6.99. The van der Waals surface area contributed by atoms with Gasteiger partial charge in [-0.15, -0.1) is 0 Å². The zero-order chi connectivity index (χ0) is 33.1. The highest BCUT2D eigenvalue weighted by atomic mass is 35.5. The van der Waals surface area contributed by atoms with Crippen molar-refractivity contribution in [3.8, 4) is 22.3 Å². The van der Waals surface area contributed by atoms with Gasteiger partial charge in [-0.3, -0.25) is 14.4 Å². The van der Waals surface area contributed by atoms with E-state index in [1.807, 2.05) is 79.7 Å². The van der Waals surface area contributed by atoms with Crippen LogP contribution in [0.25, 0.3) is 22.3 Å². The lowest BCUT2D eigenvalue weighted by Gasteiger charge is -2.33. The standard InChI is InChI=1S/C39H39ClFN3O3/c1-2-9-31(37(42)45)32(21-24-10-7-11-24)38(46)43-36-30-16-4-3-14-28(30)29-15-5-6-17-35(29)44(39(36)47)23-25-12-8-13-26(20-25)27-18-19-34(41)33(40)22-27/h3-6,8,12-20,22,24,31-32,36H,2,7,9-11,21,23H2,1H3,(H2,42,45)(H,43,46)/t31-,32+,36?/m0/s1. The largest absolute Gasteiger partial charge is 0.369 e. The molecule has 0 saturated heterocycles. The molecular formula is C39H39ClFN3O3. The van der Waals surface area contributed by atoms with E-state index in [1.54, 1.807) is 17.0 Å². The van der Waals surface area contributed by atoms with Crippen LogP contribution in [0.1, 0.15) is 62.6 Å². The van der Waals surface area contributed by atoms with Gasteiger partial charge >= 0.3 is 0 Å². The first-order valence-electron chi connectivity index (χ1n) is 16.4. The Hall–Kier alpha value is -4.49. The van der Waals surface area contributed by atoms with Gasteiger partial charge in [0.15, 0.2) is 0 Å². The minimum Gasteiger partial charge on any atom is -0.369 e. The van der Waals surface area contributed by atoms with Crippen molar-refractivity contribution in [2.24, 2.45) is 23.5 Å². The van der Waals surface area contributed by atoms with Crippen LogP contribution in [0.2, 0.25) is 5.02 Å². The van der Waals surface area contributed by atoms with Gasteiger partial charge < -0.3 is 16.0 Å². The number of benzene rings is 4. The van der Waals surface area contributed by atoms with Crippen LogP contribution in [0.5, 0.6) is 0 Å². The van der Waals surface area contributed by atoms with Crippen molar-refractivity contribution >= 4 is 35.0 Å². The summed E-state index contributed by atoms with van der Waals surface area (Å²) in [4.78, 5) is 43.4. The Kier molecular flexibility index (Phi) is 9.73. The van der Waals surface area contributed by atoms with Gasteiger partial charge in [0.05, 0.1) is 17.3 Å². The number of fused-ring (bicyclic) bond motifs is 3. The van der Waals surface area contributed by atoms with Crippen molar-refractivity contribution in [1.82, 2.24) is 5.32 Å². The fraction of sp³-hybridized carbons (Fsp3) is 0.308. The lowest BCUT2D eigenvalue weighted by Crippen LogP contribution is -2.47. The van der Waals surface area contributed by atoms with Crippen molar-refractivity contribution in [3.05, 3.63) is 113 Å². The molecule has 8 heteroatoms. The summed E-state index contributed by atoms with van der Waals surface area (Å²) in [7, 11) is 0. The van der Waals surface area contributed by atoms with Gasteiger partial charge in [0.1, 0.15) is 11.9 Å². The first-order valence-corrected chi connectivity index (χ1v) is 16.8. The van der Waals surface area contributed by atoms with Crippen molar-refractivity contribution in [2.45, 2.75) is 58.0 Å². The number of hydrogen-bond donors (Lipinski definition) is 2. The predicted molar refractivity (Wildman–Crippen MR) is 184 cm³/mol. The first-order chi connectivity index (χ1) is 22.7. The van der Waals surface area contributed by atoms with Crippen molar-refractivity contribution in [1.29, 1.82) is 0 Å². The number of nitrogens with one attached hydrogen (secondary N) is 1. The molecule has 3 N–H and O–H groups in total. The number of halogens is 2. The molecule has 1 saturated carbocycles. The number of nitrogens with zero attached hydrogens (tertiary/aromatic N) is 1. The third kappa shape index (κ3) is 6.82. The van der Waals surface area contributed by atoms with Gasteiger partial charge in [0.25, 0.3) is 5.91 Å². The van der Waals surface area contributed by atoms with Gasteiger partial charge in [-0.25, -0.2) is 4.39 Å². The number of carbonyl (C=O) groups is 3. The second kappa shape index (κ2) is 14.1. The molecule has 1 aliphatic carbocycles. The minimum absolute atomic E-state index is 0.0361. The predicted octanol–water partition coefficient (Wildman–Crippen LogP) is 8.23. The molecule has 242 valence electrons. The Balaban J connectivity index is 1.38. The molecule has 47 heavy (non-hydrogen) atoms. The van der Waals surface area contributed by atoms with Gasteiger partial charge in [0.2, 0.25) is 11.8 Å². The second-order valence-corrected chi connectivity index (χ2v) is 13.1. The molecule has 4 aromatic carbocycles. The molecule has 0 bridgehead atoms. The average molecular weight is 652 g/mol. The average Bonchev–Trinajstić information content (AvgIpc) is 3.14. The molecule has 3 amide bonds. The summed E-state index contributed by atoms with van der Waals surface area (Å²) in [5.74, 6) is -2.41. The van der Waals surface area contributed by atoms with Crippen LogP contribution < -0.4 is 16.0 Å². The molecule has 0 aromatic heterocycles. The number of hydrogen-bond acceptors (Lipinski definition) is 3. The minimum atomic E-state index is -0.982. The highest BCUT2D eigenvalue weighted by molar-refractivity contribution is 6.31. The summed E-state index contributed by atoms with van der Waals surface area (Å²) in [5, 5.41) is 3.16. The monoisotopic (exact) mass is 651 g/mol. The topological polar surface area (TPSA) is 92.5 Å². The Bertz CT molecular complexity index is 1810. The van der Waals surface area contributed by atoms with E-state index in [9.17, 15) is 18.8 Å². The third-order valence-electron chi connectivity index (χ3n) is 9.68. The Morgan fingerprint density at radius 3 is 2.36 bits per heavy atom.